The highest BCUT2D eigenvalue weighted by molar-refractivity contribution is 6.32. The lowest BCUT2D eigenvalue weighted by Crippen LogP contribution is -2.33. The van der Waals surface area contributed by atoms with Gasteiger partial charge in [-0.05, 0) is 36.2 Å². The third-order valence-corrected chi connectivity index (χ3v) is 4.86. The molecule has 30 heavy (non-hydrogen) atoms. The van der Waals surface area contributed by atoms with Gasteiger partial charge in [-0.25, -0.2) is 9.78 Å². The Bertz CT molecular complexity index is 1440. The summed E-state index contributed by atoms with van der Waals surface area (Å²) in [6.45, 7) is 1.91. The number of nitrogens with one attached hydrogen (secondary N) is 1. The van der Waals surface area contributed by atoms with E-state index in [4.69, 9.17) is 21.6 Å². The number of benzene rings is 2. The quantitative estimate of drug-likeness (QED) is 0.540. The van der Waals surface area contributed by atoms with E-state index in [0.29, 0.717) is 23.6 Å². The number of nitrogens with zero attached hydrogens (tertiary/aromatic N) is 5. The van der Waals surface area contributed by atoms with E-state index in [1.54, 1.807) is 24.5 Å². The summed E-state index contributed by atoms with van der Waals surface area (Å²) in [4.78, 5) is 30.1. The van der Waals surface area contributed by atoms with Crippen LogP contribution in [0.3, 0.4) is 0 Å². The number of aromatic amines is 1. The maximum absolute atomic E-state index is 12.2. The second-order valence-corrected chi connectivity index (χ2v) is 6.92. The number of ether oxygens (including phenoxy) is 1. The molecule has 10 heteroatoms. The predicted octanol–water partition coefficient (Wildman–Crippen LogP) is 2.69. The Morgan fingerprint density at radius 3 is 2.80 bits per heavy atom. The molecule has 0 amide bonds. The van der Waals surface area contributed by atoms with E-state index < -0.39 is 16.9 Å². The molecule has 0 radical (unpaired) electrons. The maximum Gasteiger partial charge on any atom is 0.349 e. The van der Waals surface area contributed by atoms with Crippen LogP contribution in [0.5, 0.6) is 11.5 Å². The summed E-state index contributed by atoms with van der Waals surface area (Å²) in [6.07, 6.45) is 2.28. The number of H-pyrrole nitrogens is 1. The van der Waals surface area contributed by atoms with Crippen molar-refractivity contribution in [3.63, 3.8) is 0 Å². The summed E-state index contributed by atoms with van der Waals surface area (Å²) >= 11 is 6.48. The summed E-state index contributed by atoms with van der Waals surface area (Å²) in [5, 5.41) is 13.1. The van der Waals surface area contributed by atoms with Crippen LogP contribution < -0.4 is 16.0 Å². The molecule has 0 aliphatic carbocycles. The molecule has 0 saturated heterocycles. The zero-order chi connectivity index (χ0) is 21.4. The fourth-order valence-electron chi connectivity index (χ4n) is 3.07. The number of imidazole rings is 1. The van der Waals surface area contributed by atoms with Crippen molar-refractivity contribution in [1.29, 1.82) is 5.26 Å². The molecule has 2 aromatic carbocycles. The number of hydrogen-bond donors (Lipinski definition) is 1. The minimum Gasteiger partial charge on any atom is -0.455 e. The summed E-state index contributed by atoms with van der Waals surface area (Å²) in [5.74, 6) is 1.03. The standard InChI is InChI=1S/C20H15ClN6O3/c1-3-11-6-12(27-20(29)24-19(28)16(9-22)25-27)7-14(21)18(11)30-13-4-5-15-17(8-13)26(2)10-23-15/h4-8,10H,3H2,1-2H3,(H,24,28,29). The second-order valence-electron chi connectivity index (χ2n) is 6.51. The molecule has 1 N–H and O–H groups in total. The van der Waals surface area contributed by atoms with Crippen molar-refractivity contribution in [2.75, 3.05) is 0 Å². The van der Waals surface area contributed by atoms with Crippen molar-refractivity contribution in [2.45, 2.75) is 13.3 Å². The molecular weight excluding hydrogens is 408 g/mol. The molecule has 9 nitrogen and oxygen atoms in total. The van der Waals surface area contributed by atoms with Crippen LogP contribution in [0.15, 0.2) is 46.2 Å². The van der Waals surface area contributed by atoms with Crippen LogP contribution in [0.2, 0.25) is 5.02 Å². The Balaban J connectivity index is 1.79. The van der Waals surface area contributed by atoms with E-state index in [-0.39, 0.29) is 5.02 Å². The van der Waals surface area contributed by atoms with Crippen LogP contribution in [-0.4, -0.2) is 24.3 Å². The normalized spacial score (nSPS) is 10.9. The highest BCUT2D eigenvalue weighted by Gasteiger charge is 2.15. The Labute approximate surface area is 174 Å². The molecule has 2 heterocycles. The van der Waals surface area contributed by atoms with Crippen molar-refractivity contribution in [1.82, 2.24) is 24.3 Å². The number of fused-ring (bicyclic) bond motifs is 1. The van der Waals surface area contributed by atoms with Gasteiger partial charge in [-0.15, -0.1) is 5.10 Å². The first-order valence-corrected chi connectivity index (χ1v) is 9.34. The summed E-state index contributed by atoms with van der Waals surface area (Å²) < 4.78 is 8.87. The average Bonchev–Trinajstić information content (AvgIpc) is 3.10. The minimum atomic E-state index is -0.842. The Morgan fingerprint density at radius 1 is 1.27 bits per heavy atom. The van der Waals surface area contributed by atoms with Gasteiger partial charge in [-0.2, -0.15) is 9.94 Å². The van der Waals surface area contributed by atoms with E-state index in [0.717, 1.165) is 21.3 Å². The van der Waals surface area contributed by atoms with Crippen molar-refractivity contribution < 1.29 is 4.74 Å². The van der Waals surface area contributed by atoms with Gasteiger partial charge in [-0.1, -0.05) is 18.5 Å². The van der Waals surface area contributed by atoms with Gasteiger partial charge in [0, 0.05) is 13.1 Å². The van der Waals surface area contributed by atoms with E-state index in [2.05, 4.69) is 15.1 Å². The van der Waals surface area contributed by atoms with E-state index in [9.17, 15) is 9.59 Å². The lowest BCUT2D eigenvalue weighted by molar-refractivity contribution is 0.477. The van der Waals surface area contributed by atoms with E-state index in [1.807, 2.05) is 30.7 Å². The first-order valence-electron chi connectivity index (χ1n) is 8.96. The molecule has 0 aliphatic rings. The molecule has 0 saturated carbocycles. The van der Waals surface area contributed by atoms with Gasteiger partial charge in [0.15, 0.2) is 0 Å². The first-order chi connectivity index (χ1) is 14.4. The minimum absolute atomic E-state index is 0.257. The lowest BCUT2D eigenvalue weighted by atomic mass is 10.1. The molecule has 4 rings (SSSR count). The molecule has 4 aromatic rings. The molecule has 150 valence electrons. The Kier molecular flexibility index (Phi) is 4.85. The van der Waals surface area contributed by atoms with Gasteiger partial charge >= 0.3 is 5.69 Å². The molecule has 2 aromatic heterocycles. The SMILES string of the molecule is CCc1cc(-n2nc(C#N)c(=O)[nH]c2=O)cc(Cl)c1Oc1ccc2ncn(C)c2c1. The number of rotatable bonds is 4. The van der Waals surface area contributed by atoms with Crippen LogP contribution in [0.4, 0.5) is 0 Å². The average molecular weight is 423 g/mol. The fraction of sp³-hybridized carbons (Fsp3) is 0.150. The second kappa shape index (κ2) is 7.50. The zero-order valence-corrected chi connectivity index (χ0v) is 16.8. The van der Waals surface area contributed by atoms with Crippen molar-refractivity contribution in [3.8, 4) is 23.3 Å². The Morgan fingerprint density at radius 2 is 2.07 bits per heavy atom. The number of aryl methyl sites for hydroxylation is 2. The number of nitriles is 1. The smallest absolute Gasteiger partial charge is 0.349 e. The monoisotopic (exact) mass is 422 g/mol. The van der Waals surface area contributed by atoms with Crippen molar-refractivity contribution in [2.24, 2.45) is 7.05 Å². The van der Waals surface area contributed by atoms with Crippen molar-refractivity contribution in [3.05, 3.63) is 73.8 Å². The molecule has 0 spiro atoms. The first kappa shape index (κ1) is 19.4. The van der Waals surface area contributed by atoms with Crippen molar-refractivity contribution >= 4 is 22.6 Å². The van der Waals surface area contributed by atoms with Crippen LogP contribution in [0.25, 0.3) is 16.7 Å². The third kappa shape index (κ3) is 3.33. The number of hydrogen-bond acceptors (Lipinski definition) is 6. The highest BCUT2D eigenvalue weighted by atomic mass is 35.5. The maximum atomic E-state index is 12.2. The van der Waals surface area contributed by atoms with Crippen LogP contribution in [-0.2, 0) is 13.5 Å². The van der Waals surface area contributed by atoms with Crippen LogP contribution in [0.1, 0.15) is 18.2 Å². The van der Waals surface area contributed by atoms with Gasteiger partial charge in [0.1, 0.15) is 17.6 Å². The zero-order valence-electron chi connectivity index (χ0n) is 16.0. The summed E-state index contributed by atoms with van der Waals surface area (Å²) in [7, 11) is 1.89. The molecule has 0 unspecified atom stereocenters. The topological polar surface area (TPSA) is 119 Å². The van der Waals surface area contributed by atoms with Crippen LogP contribution in [0, 0.1) is 11.3 Å². The molecule has 0 aliphatic heterocycles. The molecule has 0 fully saturated rings. The number of aromatic nitrogens is 5. The van der Waals surface area contributed by atoms with E-state index >= 15 is 0 Å². The lowest BCUT2D eigenvalue weighted by Gasteiger charge is -2.14. The van der Waals surface area contributed by atoms with Gasteiger partial charge in [0.05, 0.1) is 28.1 Å². The van der Waals surface area contributed by atoms with Crippen LogP contribution >= 0.6 is 11.6 Å². The van der Waals surface area contributed by atoms with Gasteiger partial charge in [-0.3, -0.25) is 9.78 Å². The highest BCUT2D eigenvalue weighted by Crippen LogP contribution is 2.36. The van der Waals surface area contributed by atoms with Gasteiger partial charge < -0.3 is 9.30 Å². The fourth-order valence-corrected chi connectivity index (χ4v) is 3.34. The molecule has 0 atom stereocenters. The largest absolute Gasteiger partial charge is 0.455 e. The predicted molar refractivity (Wildman–Crippen MR) is 110 cm³/mol. The Hall–Kier alpha value is -3.90. The van der Waals surface area contributed by atoms with E-state index in [1.165, 1.54) is 6.07 Å². The van der Waals surface area contributed by atoms with Gasteiger partial charge in [0.25, 0.3) is 5.56 Å². The summed E-state index contributed by atoms with van der Waals surface area (Å²) in [6, 6.07) is 10.3. The molecule has 0 bridgehead atoms. The summed E-state index contributed by atoms with van der Waals surface area (Å²) in [5.41, 5.74) is 0.752. The number of halogens is 1. The third-order valence-electron chi connectivity index (χ3n) is 4.58. The van der Waals surface area contributed by atoms with Gasteiger partial charge in [0.2, 0.25) is 5.69 Å². The molecular formula is C20H15ClN6O3.